The third-order valence-electron chi connectivity index (χ3n) is 4.47. The molecule has 0 bridgehead atoms. The minimum Gasteiger partial charge on any atom is -0.351 e. The fourth-order valence-electron chi connectivity index (χ4n) is 3.00. The monoisotopic (exact) mass is 343 g/mol. The van der Waals surface area contributed by atoms with Gasteiger partial charge in [-0.25, -0.2) is 15.0 Å². The van der Waals surface area contributed by atoms with E-state index in [1.54, 1.807) is 24.4 Å². The molecule has 0 atom stereocenters. The molecule has 9 nitrogen and oxygen atoms in total. The second kappa shape index (κ2) is 7.39. The SMILES string of the molecule is CN1CCC(N(C)c2ncnc(Nc3ccccn3)c2[N+](=O)[O-])CC1. The normalized spacial score (nSPS) is 15.8. The van der Waals surface area contributed by atoms with Gasteiger partial charge in [0.15, 0.2) is 0 Å². The van der Waals surface area contributed by atoms with Crippen LogP contribution in [0.1, 0.15) is 12.8 Å². The zero-order chi connectivity index (χ0) is 17.8. The van der Waals surface area contributed by atoms with Crippen LogP contribution in [0.2, 0.25) is 0 Å². The van der Waals surface area contributed by atoms with E-state index < -0.39 is 4.92 Å². The Labute approximate surface area is 145 Å². The molecule has 132 valence electrons. The van der Waals surface area contributed by atoms with Gasteiger partial charge in [0.25, 0.3) is 0 Å². The van der Waals surface area contributed by atoms with Crippen LogP contribution in [0.4, 0.5) is 23.1 Å². The number of nitrogens with one attached hydrogen (secondary N) is 1. The molecule has 0 aliphatic carbocycles. The third-order valence-corrected chi connectivity index (χ3v) is 4.47. The highest BCUT2D eigenvalue weighted by atomic mass is 16.6. The van der Waals surface area contributed by atoms with Crippen molar-refractivity contribution in [3.8, 4) is 0 Å². The molecule has 0 unspecified atom stereocenters. The highest BCUT2D eigenvalue weighted by Gasteiger charge is 2.30. The Morgan fingerprint density at radius 2 is 2.04 bits per heavy atom. The maximum absolute atomic E-state index is 11.7. The number of pyridine rings is 1. The number of hydrogen-bond donors (Lipinski definition) is 1. The number of aromatic nitrogens is 3. The maximum Gasteiger partial charge on any atom is 0.353 e. The van der Waals surface area contributed by atoms with Gasteiger partial charge in [-0.2, -0.15) is 0 Å². The van der Waals surface area contributed by atoms with Gasteiger partial charge in [-0.05, 0) is 45.1 Å². The Bertz CT molecular complexity index is 733. The lowest BCUT2D eigenvalue weighted by atomic mass is 10.0. The molecule has 1 aliphatic heterocycles. The molecular formula is C16H21N7O2. The molecule has 3 heterocycles. The minimum atomic E-state index is -0.438. The summed E-state index contributed by atoms with van der Waals surface area (Å²) in [6, 6.07) is 5.52. The lowest BCUT2D eigenvalue weighted by Crippen LogP contribution is -2.42. The highest BCUT2D eigenvalue weighted by molar-refractivity contribution is 5.73. The quantitative estimate of drug-likeness (QED) is 0.650. The van der Waals surface area contributed by atoms with Gasteiger partial charge in [0.05, 0.1) is 4.92 Å². The number of likely N-dealkylation sites (tertiary alicyclic amines) is 1. The van der Waals surface area contributed by atoms with Crippen LogP contribution >= 0.6 is 0 Å². The van der Waals surface area contributed by atoms with Crippen molar-refractivity contribution in [1.82, 2.24) is 19.9 Å². The van der Waals surface area contributed by atoms with Crippen LogP contribution in [-0.2, 0) is 0 Å². The lowest BCUT2D eigenvalue weighted by molar-refractivity contribution is -0.383. The van der Waals surface area contributed by atoms with Crippen molar-refractivity contribution in [2.45, 2.75) is 18.9 Å². The number of hydrogen-bond acceptors (Lipinski definition) is 8. The van der Waals surface area contributed by atoms with Crippen molar-refractivity contribution in [1.29, 1.82) is 0 Å². The van der Waals surface area contributed by atoms with Crippen LogP contribution in [0.15, 0.2) is 30.7 Å². The molecule has 1 fully saturated rings. The first-order valence-corrected chi connectivity index (χ1v) is 8.15. The number of nitro groups is 1. The summed E-state index contributed by atoms with van der Waals surface area (Å²) in [5.41, 5.74) is -0.130. The van der Waals surface area contributed by atoms with Crippen molar-refractivity contribution in [3.05, 3.63) is 40.8 Å². The molecule has 25 heavy (non-hydrogen) atoms. The van der Waals surface area contributed by atoms with Crippen molar-refractivity contribution in [2.75, 3.05) is 37.4 Å². The van der Waals surface area contributed by atoms with Gasteiger partial charge in [0.1, 0.15) is 12.1 Å². The topological polar surface area (TPSA) is 100 Å². The van der Waals surface area contributed by atoms with Gasteiger partial charge < -0.3 is 15.1 Å². The van der Waals surface area contributed by atoms with Crippen molar-refractivity contribution in [3.63, 3.8) is 0 Å². The lowest BCUT2D eigenvalue weighted by Gasteiger charge is -2.35. The van der Waals surface area contributed by atoms with Crippen molar-refractivity contribution >= 4 is 23.1 Å². The molecule has 1 aliphatic rings. The molecule has 3 rings (SSSR count). The average Bonchev–Trinajstić information content (AvgIpc) is 2.62. The van der Waals surface area contributed by atoms with Crippen LogP contribution in [-0.4, -0.2) is 58.0 Å². The smallest absolute Gasteiger partial charge is 0.351 e. The van der Waals surface area contributed by atoms with Crippen LogP contribution in [0.5, 0.6) is 0 Å². The van der Waals surface area contributed by atoms with E-state index in [1.807, 2.05) is 11.9 Å². The van der Waals surface area contributed by atoms with Gasteiger partial charge in [-0.3, -0.25) is 10.1 Å². The van der Waals surface area contributed by atoms with Gasteiger partial charge in [0, 0.05) is 19.3 Å². The number of piperidine rings is 1. The van der Waals surface area contributed by atoms with E-state index in [4.69, 9.17) is 0 Å². The minimum absolute atomic E-state index is 0.130. The second-order valence-electron chi connectivity index (χ2n) is 6.14. The molecule has 0 saturated carbocycles. The maximum atomic E-state index is 11.7. The largest absolute Gasteiger partial charge is 0.353 e. The molecule has 2 aromatic heterocycles. The number of rotatable bonds is 5. The summed E-state index contributed by atoms with van der Waals surface area (Å²) in [4.78, 5) is 27.8. The zero-order valence-corrected chi connectivity index (χ0v) is 14.3. The summed E-state index contributed by atoms with van der Waals surface area (Å²) in [7, 11) is 3.94. The molecule has 0 aromatic carbocycles. The molecule has 0 radical (unpaired) electrons. The van der Waals surface area contributed by atoms with Crippen molar-refractivity contribution < 1.29 is 4.92 Å². The van der Waals surface area contributed by atoms with Gasteiger partial charge >= 0.3 is 5.69 Å². The predicted molar refractivity (Wildman–Crippen MR) is 95.1 cm³/mol. The average molecular weight is 343 g/mol. The first-order chi connectivity index (χ1) is 12.1. The molecule has 9 heteroatoms. The van der Waals surface area contributed by atoms with E-state index >= 15 is 0 Å². The Kier molecular flexibility index (Phi) is 5.03. The van der Waals surface area contributed by atoms with Crippen LogP contribution in [0.25, 0.3) is 0 Å². The van der Waals surface area contributed by atoms with Gasteiger partial charge in [-0.1, -0.05) is 6.07 Å². The van der Waals surface area contributed by atoms with E-state index in [2.05, 4.69) is 32.2 Å². The summed E-state index contributed by atoms with van der Waals surface area (Å²) in [5, 5.41) is 14.6. The van der Waals surface area contributed by atoms with Crippen LogP contribution in [0.3, 0.4) is 0 Å². The zero-order valence-electron chi connectivity index (χ0n) is 14.3. The Morgan fingerprint density at radius 3 is 2.68 bits per heavy atom. The van der Waals surface area contributed by atoms with Gasteiger partial charge in [-0.15, -0.1) is 0 Å². The fourth-order valence-corrected chi connectivity index (χ4v) is 3.00. The second-order valence-corrected chi connectivity index (χ2v) is 6.14. The predicted octanol–water partition coefficient (Wildman–Crippen LogP) is 2.05. The molecule has 0 spiro atoms. The summed E-state index contributed by atoms with van der Waals surface area (Å²) in [6.07, 6.45) is 4.84. The fraction of sp³-hybridized carbons (Fsp3) is 0.438. The number of anilines is 3. The van der Waals surface area contributed by atoms with Crippen LogP contribution in [0, 0.1) is 10.1 Å². The molecular weight excluding hydrogens is 322 g/mol. The van der Waals surface area contributed by atoms with Crippen molar-refractivity contribution in [2.24, 2.45) is 0 Å². The molecule has 1 N–H and O–H groups in total. The first kappa shape index (κ1) is 17.0. The van der Waals surface area contributed by atoms with E-state index in [-0.39, 0.29) is 17.5 Å². The Hall–Kier alpha value is -2.81. The summed E-state index contributed by atoms with van der Waals surface area (Å²) < 4.78 is 0. The molecule has 2 aromatic rings. The summed E-state index contributed by atoms with van der Waals surface area (Å²) >= 11 is 0. The van der Waals surface area contributed by atoms with Gasteiger partial charge in [0.2, 0.25) is 11.6 Å². The summed E-state index contributed by atoms with van der Waals surface area (Å²) in [6.45, 7) is 1.93. The molecule has 1 saturated heterocycles. The van der Waals surface area contributed by atoms with Crippen LogP contribution < -0.4 is 10.2 Å². The number of nitrogens with zero attached hydrogens (tertiary/aromatic N) is 6. The van der Waals surface area contributed by atoms with E-state index in [1.165, 1.54) is 6.33 Å². The molecule has 0 amide bonds. The highest BCUT2D eigenvalue weighted by Crippen LogP contribution is 2.34. The first-order valence-electron chi connectivity index (χ1n) is 8.15. The van der Waals surface area contributed by atoms with E-state index in [0.717, 1.165) is 25.9 Å². The summed E-state index contributed by atoms with van der Waals surface area (Å²) in [5.74, 6) is 0.971. The van der Waals surface area contributed by atoms with E-state index in [0.29, 0.717) is 11.6 Å². The Balaban J connectivity index is 1.91. The third kappa shape index (κ3) is 3.82. The Morgan fingerprint density at radius 1 is 1.28 bits per heavy atom. The standard InChI is InChI=1S/C16H21N7O2/c1-21-9-6-12(7-10-21)22(2)16-14(23(24)25)15(18-11-19-16)20-13-5-3-4-8-17-13/h3-5,8,11-12H,6-7,9-10H2,1-2H3,(H,17,18,19,20). The van der Waals surface area contributed by atoms with E-state index in [9.17, 15) is 10.1 Å².